The van der Waals surface area contributed by atoms with E-state index in [0.29, 0.717) is 23.6 Å². The Balaban J connectivity index is 2.11. The van der Waals surface area contributed by atoms with Gasteiger partial charge in [-0.15, -0.1) is 0 Å². The van der Waals surface area contributed by atoms with Crippen LogP contribution in [-0.2, 0) is 12.8 Å². The first-order valence-electron chi connectivity index (χ1n) is 6.78. The third-order valence-corrected chi connectivity index (χ3v) is 3.69. The molecule has 0 spiro atoms. The number of rotatable bonds is 5. The van der Waals surface area contributed by atoms with Crippen LogP contribution >= 0.6 is 11.6 Å². The topological polar surface area (TPSA) is 26.0 Å². The fraction of sp³-hybridized carbons (Fsp3) is 0.294. The van der Waals surface area contributed by atoms with E-state index in [1.807, 2.05) is 6.07 Å². The van der Waals surface area contributed by atoms with Crippen molar-refractivity contribution in [2.24, 2.45) is 11.7 Å². The summed E-state index contributed by atoms with van der Waals surface area (Å²) in [4.78, 5) is 0. The second-order valence-electron chi connectivity index (χ2n) is 5.23. The van der Waals surface area contributed by atoms with E-state index in [1.54, 1.807) is 12.1 Å². The summed E-state index contributed by atoms with van der Waals surface area (Å²) in [7, 11) is 0. The Morgan fingerprint density at radius 1 is 1.15 bits per heavy atom. The van der Waals surface area contributed by atoms with Gasteiger partial charge in [-0.05, 0) is 61.6 Å². The Morgan fingerprint density at radius 2 is 1.95 bits per heavy atom. The van der Waals surface area contributed by atoms with Gasteiger partial charge in [0.05, 0.1) is 0 Å². The van der Waals surface area contributed by atoms with Crippen molar-refractivity contribution in [1.82, 2.24) is 0 Å². The van der Waals surface area contributed by atoms with E-state index in [2.05, 4.69) is 25.1 Å². The molecule has 0 saturated carbocycles. The number of nitrogens with two attached hydrogens (primary N) is 1. The zero-order valence-electron chi connectivity index (χ0n) is 11.6. The van der Waals surface area contributed by atoms with Crippen molar-refractivity contribution < 1.29 is 4.39 Å². The number of hydrogen-bond acceptors (Lipinski definition) is 1. The molecule has 0 aromatic heterocycles. The van der Waals surface area contributed by atoms with Crippen molar-refractivity contribution in [3.63, 3.8) is 0 Å². The summed E-state index contributed by atoms with van der Waals surface area (Å²) in [5, 5.41) is 0.563. The zero-order chi connectivity index (χ0) is 14.5. The quantitative estimate of drug-likeness (QED) is 0.880. The zero-order valence-corrected chi connectivity index (χ0v) is 12.3. The van der Waals surface area contributed by atoms with Crippen molar-refractivity contribution >= 4 is 11.6 Å². The molecule has 2 rings (SSSR count). The first-order chi connectivity index (χ1) is 9.58. The molecule has 0 aliphatic carbocycles. The molecule has 0 heterocycles. The Kier molecular flexibility index (Phi) is 5.16. The molecular weight excluding hydrogens is 273 g/mol. The third kappa shape index (κ3) is 4.06. The SMILES string of the molecule is Cc1cccc(CC(CN)Cc2cc(Cl)ccc2F)c1. The van der Waals surface area contributed by atoms with Crippen LogP contribution in [-0.4, -0.2) is 6.54 Å². The Bertz CT molecular complexity index is 583. The molecule has 20 heavy (non-hydrogen) atoms. The molecule has 106 valence electrons. The van der Waals surface area contributed by atoms with Crippen molar-refractivity contribution in [2.75, 3.05) is 6.54 Å². The standard InChI is InChI=1S/C17H19ClFN/c1-12-3-2-4-13(7-12)8-14(11-20)9-15-10-16(18)5-6-17(15)19/h2-7,10,14H,8-9,11,20H2,1H3. The van der Waals surface area contributed by atoms with Gasteiger partial charge in [-0.25, -0.2) is 4.39 Å². The first kappa shape index (κ1) is 15.0. The molecule has 2 aromatic carbocycles. The summed E-state index contributed by atoms with van der Waals surface area (Å²) < 4.78 is 13.8. The number of hydrogen-bond donors (Lipinski definition) is 1. The maximum absolute atomic E-state index is 13.8. The van der Waals surface area contributed by atoms with Crippen LogP contribution in [0, 0.1) is 18.7 Å². The predicted molar refractivity (Wildman–Crippen MR) is 82.5 cm³/mol. The van der Waals surface area contributed by atoms with Crippen LogP contribution in [0.4, 0.5) is 4.39 Å². The largest absolute Gasteiger partial charge is 0.330 e. The van der Waals surface area contributed by atoms with E-state index >= 15 is 0 Å². The molecule has 1 unspecified atom stereocenters. The smallest absolute Gasteiger partial charge is 0.126 e. The average molecular weight is 292 g/mol. The Labute approximate surface area is 124 Å². The molecule has 0 fully saturated rings. The van der Waals surface area contributed by atoms with Crippen LogP contribution in [0.15, 0.2) is 42.5 Å². The van der Waals surface area contributed by atoms with Crippen LogP contribution in [0.2, 0.25) is 5.02 Å². The van der Waals surface area contributed by atoms with E-state index in [0.717, 1.165) is 6.42 Å². The van der Waals surface area contributed by atoms with E-state index in [1.165, 1.54) is 17.2 Å². The second kappa shape index (κ2) is 6.87. The van der Waals surface area contributed by atoms with E-state index in [-0.39, 0.29) is 11.7 Å². The van der Waals surface area contributed by atoms with Gasteiger partial charge in [-0.3, -0.25) is 0 Å². The maximum atomic E-state index is 13.8. The highest BCUT2D eigenvalue weighted by Crippen LogP contribution is 2.20. The van der Waals surface area contributed by atoms with Crippen molar-refractivity contribution in [2.45, 2.75) is 19.8 Å². The predicted octanol–water partition coefficient (Wildman–Crippen LogP) is 4.15. The van der Waals surface area contributed by atoms with Gasteiger partial charge in [0.2, 0.25) is 0 Å². The summed E-state index contributed by atoms with van der Waals surface area (Å²) in [5.41, 5.74) is 8.95. The summed E-state index contributed by atoms with van der Waals surface area (Å²) in [5.74, 6) is 0.00172. The molecule has 2 N–H and O–H groups in total. The Morgan fingerprint density at radius 3 is 2.65 bits per heavy atom. The molecule has 1 atom stereocenters. The molecule has 0 bridgehead atoms. The molecule has 0 amide bonds. The fourth-order valence-corrected chi connectivity index (χ4v) is 2.62. The van der Waals surface area contributed by atoms with Crippen LogP contribution in [0.3, 0.4) is 0 Å². The summed E-state index contributed by atoms with van der Waals surface area (Å²) >= 11 is 5.93. The maximum Gasteiger partial charge on any atom is 0.126 e. The molecule has 3 heteroatoms. The molecule has 1 nitrogen and oxygen atoms in total. The second-order valence-corrected chi connectivity index (χ2v) is 5.67. The summed E-state index contributed by atoms with van der Waals surface area (Å²) in [6.45, 7) is 2.59. The van der Waals surface area contributed by atoms with Crippen LogP contribution in [0.25, 0.3) is 0 Å². The van der Waals surface area contributed by atoms with Gasteiger partial charge in [0.15, 0.2) is 0 Å². The number of benzene rings is 2. The number of aryl methyl sites for hydroxylation is 1. The van der Waals surface area contributed by atoms with Gasteiger partial charge in [-0.2, -0.15) is 0 Å². The van der Waals surface area contributed by atoms with Gasteiger partial charge in [0.1, 0.15) is 5.82 Å². The highest BCUT2D eigenvalue weighted by atomic mass is 35.5. The molecule has 0 aliphatic heterocycles. The summed E-state index contributed by atoms with van der Waals surface area (Å²) in [6, 6.07) is 13.0. The minimum Gasteiger partial charge on any atom is -0.330 e. The fourth-order valence-electron chi connectivity index (χ4n) is 2.42. The highest BCUT2D eigenvalue weighted by molar-refractivity contribution is 6.30. The molecule has 0 aliphatic rings. The van der Waals surface area contributed by atoms with Gasteiger partial charge in [0.25, 0.3) is 0 Å². The lowest BCUT2D eigenvalue weighted by molar-refractivity contribution is 0.512. The van der Waals surface area contributed by atoms with Gasteiger partial charge < -0.3 is 5.73 Å². The average Bonchev–Trinajstić information content (AvgIpc) is 2.42. The normalized spacial score (nSPS) is 12.4. The van der Waals surface area contributed by atoms with Crippen LogP contribution in [0.5, 0.6) is 0 Å². The molecular formula is C17H19ClFN. The van der Waals surface area contributed by atoms with Crippen LogP contribution in [0.1, 0.15) is 16.7 Å². The van der Waals surface area contributed by atoms with Crippen LogP contribution < -0.4 is 5.73 Å². The monoisotopic (exact) mass is 291 g/mol. The van der Waals surface area contributed by atoms with Crippen molar-refractivity contribution in [1.29, 1.82) is 0 Å². The molecule has 0 saturated heterocycles. The lowest BCUT2D eigenvalue weighted by Gasteiger charge is -2.16. The van der Waals surface area contributed by atoms with Gasteiger partial charge in [0, 0.05) is 5.02 Å². The first-order valence-corrected chi connectivity index (χ1v) is 7.16. The van der Waals surface area contributed by atoms with E-state index in [9.17, 15) is 4.39 Å². The van der Waals surface area contributed by atoms with Gasteiger partial charge in [-0.1, -0.05) is 41.4 Å². The lowest BCUT2D eigenvalue weighted by atomic mass is 9.92. The molecule has 2 aromatic rings. The van der Waals surface area contributed by atoms with Gasteiger partial charge >= 0.3 is 0 Å². The number of halogens is 2. The van der Waals surface area contributed by atoms with Crippen molar-refractivity contribution in [3.8, 4) is 0 Å². The lowest BCUT2D eigenvalue weighted by Crippen LogP contribution is -2.20. The third-order valence-electron chi connectivity index (χ3n) is 3.46. The minimum atomic E-state index is -0.211. The van der Waals surface area contributed by atoms with E-state index in [4.69, 9.17) is 17.3 Å². The minimum absolute atomic E-state index is 0.211. The highest BCUT2D eigenvalue weighted by Gasteiger charge is 2.12. The Hall–Kier alpha value is -1.38. The van der Waals surface area contributed by atoms with Crippen molar-refractivity contribution in [3.05, 3.63) is 70.0 Å². The summed E-state index contributed by atoms with van der Waals surface area (Å²) in [6.07, 6.45) is 1.46. The van der Waals surface area contributed by atoms with E-state index < -0.39 is 0 Å². The molecule has 0 radical (unpaired) electrons.